The largest absolute Gasteiger partial charge is 0.449 e. The van der Waals surface area contributed by atoms with Crippen LogP contribution in [0.3, 0.4) is 0 Å². The molecule has 0 spiro atoms. The molecule has 198 valence electrons. The number of hydrogen-bond donors (Lipinski definition) is 1. The minimum Gasteiger partial charge on any atom is -0.449 e. The van der Waals surface area contributed by atoms with E-state index in [9.17, 15) is 18.0 Å². The lowest BCUT2D eigenvalue weighted by molar-refractivity contribution is -0.148. The number of hydrogen-bond acceptors (Lipinski definition) is 8. The fourth-order valence-electron chi connectivity index (χ4n) is 3.94. The van der Waals surface area contributed by atoms with Crippen LogP contribution in [-0.4, -0.2) is 83.3 Å². The fraction of sp³-hybridized carbons (Fsp3) is 0.385. The third kappa shape index (κ3) is 7.16. The van der Waals surface area contributed by atoms with Crippen LogP contribution in [0.4, 0.5) is 11.4 Å². The van der Waals surface area contributed by atoms with E-state index in [4.69, 9.17) is 14.2 Å². The topological polar surface area (TPSA) is 114 Å². The number of amides is 1. The van der Waals surface area contributed by atoms with E-state index >= 15 is 0 Å². The van der Waals surface area contributed by atoms with E-state index in [1.54, 1.807) is 24.3 Å². The Morgan fingerprint density at radius 1 is 0.919 bits per heavy atom. The van der Waals surface area contributed by atoms with Crippen LogP contribution in [0.15, 0.2) is 59.5 Å². The zero-order chi connectivity index (χ0) is 26.3. The van der Waals surface area contributed by atoms with Gasteiger partial charge in [0.15, 0.2) is 6.10 Å². The summed E-state index contributed by atoms with van der Waals surface area (Å²) in [7, 11) is -3.58. The van der Waals surface area contributed by atoms with Crippen molar-refractivity contribution in [2.24, 2.45) is 0 Å². The first-order valence-electron chi connectivity index (χ1n) is 12.1. The highest BCUT2D eigenvalue weighted by Gasteiger charge is 2.26. The van der Waals surface area contributed by atoms with E-state index in [0.717, 1.165) is 18.8 Å². The summed E-state index contributed by atoms with van der Waals surface area (Å²) in [5, 5.41) is 2.75. The normalized spacial score (nSPS) is 17.9. The van der Waals surface area contributed by atoms with Crippen LogP contribution in [0.2, 0.25) is 0 Å². The highest BCUT2D eigenvalue weighted by molar-refractivity contribution is 7.89. The Morgan fingerprint density at radius 2 is 1.51 bits per heavy atom. The van der Waals surface area contributed by atoms with E-state index in [0.29, 0.717) is 50.8 Å². The Hall–Kier alpha value is -3.25. The first kappa shape index (κ1) is 26.8. The summed E-state index contributed by atoms with van der Waals surface area (Å²) in [6.45, 7) is 5.92. The zero-order valence-corrected chi connectivity index (χ0v) is 21.5. The molecule has 2 saturated heterocycles. The number of morpholine rings is 2. The van der Waals surface area contributed by atoms with Crippen molar-refractivity contribution >= 4 is 39.4 Å². The smallest absolute Gasteiger partial charge is 0.331 e. The maximum atomic E-state index is 12.7. The molecule has 11 heteroatoms. The van der Waals surface area contributed by atoms with Crippen molar-refractivity contribution in [3.8, 4) is 0 Å². The second-order valence-electron chi connectivity index (χ2n) is 8.63. The molecule has 1 atom stereocenters. The molecule has 0 aromatic heterocycles. The number of nitrogens with zero attached hydrogens (tertiary/aromatic N) is 2. The summed E-state index contributed by atoms with van der Waals surface area (Å²) >= 11 is 0. The van der Waals surface area contributed by atoms with Gasteiger partial charge in [0.2, 0.25) is 10.0 Å². The van der Waals surface area contributed by atoms with E-state index in [2.05, 4.69) is 10.2 Å². The summed E-state index contributed by atoms with van der Waals surface area (Å²) in [5.74, 6) is -1.13. The SMILES string of the molecule is C[C@@H](OC(=O)/C=C/c1ccc(S(=O)(=O)N2CCOCC2)cc1)C(=O)Nc1ccc(N2CCOCC2)cc1. The fourth-order valence-corrected chi connectivity index (χ4v) is 5.35. The number of sulfonamides is 1. The van der Waals surface area contributed by atoms with Crippen molar-refractivity contribution in [2.45, 2.75) is 17.9 Å². The molecule has 4 rings (SSSR count). The van der Waals surface area contributed by atoms with Gasteiger partial charge in [0.05, 0.1) is 31.3 Å². The lowest BCUT2D eigenvalue weighted by Gasteiger charge is -2.28. The van der Waals surface area contributed by atoms with Crippen LogP contribution in [0.1, 0.15) is 12.5 Å². The van der Waals surface area contributed by atoms with Crippen molar-refractivity contribution < 1.29 is 32.2 Å². The number of carbonyl (C=O) groups excluding carboxylic acids is 2. The number of nitrogens with one attached hydrogen (secondary N) is 1. The predicted octanol–water partition coefficient (Wildman–Crippen LogP) is 2.13. The monoisotopic (exact) mass is 529 g/mol. The second kappa shape index (κ2) is 12.3. The van der Waals surface area contributed by atoms with Crippen molar-refractivity contribution in [3.63, 3.8) is 0 Å². The maximum absolute atomic E-state index is 12.7. The molecule has 2 fully saturated rings. The van der Waals surface area contributed by atoms with E-state index in [1.165, 1.54) is 35.5 Å². The molecule has 1 amide bonds. The standard InChI is InChI=1S/C26H31N3O7S/c1-20(26(31)27-22-5-7-23(8-6-22)28-12-16-34-17-13-28)36-25(30)11-4-21-2-9-24(10-3-21)37(32,33)29-14-18-35-19-15-29/h2-11,20H,12-19H2,1H3,(H,27,31)/b11-4+/t20-/m1/s1. The Balaban J connectivity index is 1.26. The second-order valence-corrected chi connectivity index (χ2v) is 10.6. The van der Waals surface area contributed by atoms with Gasteiger partial charge >= 0.3 is 5.97 Å². The summed E-state index contributed by atoms with van der Waals surface area (Å²) in [5.41, 5.74) is 2.28. The minimum atomic E-state index is -3.58. The molecule has 2 aliphatic heterocycles. The Kier molecular flexibility index (Phi) is 8.93. The maximum Gasteiger partial charge on any atom is 0.331 e. The van der Waals surface area contributed by atoms with Gasteiger partial charge < -0.3 is 24.4 Å². The Labute approximate surface area is 216 Å². The molecular formula is C26H31N3O7S. The number of esters is 1. The molecule has 0 saturated carbocycles. The number of carbonyl (C=O) groups is 2. The number of rotatable bonds is 8. The summed E-state index contributed by atoms with van der Waals surface area (Å²) < 4.78 is 42.6. The van der Waals surface area contributed by atoms with Gasteiger partial charge in [0, 0.05) is 43.6 Å². The first-order valence-corrected chi connectivity index (χ1v) is 13.6. The lowest BCUT2D eigenvalue weighted by Crippen LogP contribution is -2.40. The van der Waals surface area contributed by atoms with Gasteiger partial charge in [-0.1, -0.05) is 12.1 Å². The van der Waals surface area contributed by atoms with E-state index < -0.39 is 28.0 Å². The van der Waals surface area contributed by atoms with Crippen LogP contribution in [-0.2, 0) is 33.8 Å². The molecule has 37 heavy (non-hydrogen) atoms. The summed E-state index contributed by atoms with van der Waals surface area (Å²) in [4.78, 5) is 27.1. The molecular weight excluding hydrogens is 498 g/mol. The van der Waals surface area contributed by atoms with Crippen molar-refractivity contribution in [3.05, 3.63) is 60.2 Å². The average Bonchev–Trinajstić information content (AvgIpc) is 2.93. The van der Waals surface area contributed by atoms with E-state index in [1.807, 2.05) is 12.1 Å². The average molecular weight is 530 g/mol. The van der Waals surface area contributed by atoms with Gasteiger partial charge in [-0.15, -0.1) is 0 Å². The molecule has 2 aromatic rings. The van der Waals surface area contributed by atoms with Crippen molar-refractivity contribution in [1.29, 1.82) is 0 Å². The molecule has 0 radical (unpaired) electrons. The van der Waals surface area contributed by atoms with Gasteiger partial charge in [-0.2, -0.15) is 4.31 Å². The van der Waals surface area contributed by atoms with Crippen LogP contribution in [0.25, 0.3) is 6.08 Å². The van der Waals surface area contributed by atoms with E-state index in [-0.39, 0.29) is 4.90 Å². The summed E-state index contributed by atoms with van der Waals surface area (Å²) in [6.07, 6.45) is 1.70. The van der Waals surface area contributed by atoms with Gasteiger partial charge in [-0.05, 0) is 55.0 Å². The van der Waals surface area contributed by atoms with Crippen LogP contribution < -0.4 is 10.2 Å². The van der Waals surface area contributed by atoms with Crippen molar-refractivity contribution in [2.75, 3.05) is 62.8 Å². The highest BCUT2D eigenvalue weighted by Crippen LogP contribution is 2.20. The quantitative estimate of drug-likeness (QED) is 0.409. The molecule has 0 bridgehead atoms. The lowest BCUT2D eigenvalue weighted by atomic mass is 10.2. The molecule has 2 aliphatic rings. The van der Waals surface area contributed by atoms with Crippen LogP contribution in [0.5, 0.6) is 0 Å². The van der Waals surface area contributed by atoms with Gasteiger partial charge in [-0.25, -0.2) is 13.2 Å². The molecule has 1 N–H and O–H groups in total. The van der Waals surface area contributed by atoms with Gasteiger partial charge in [0.25, 0.3) is 5.91 Å². The molecule has 2 aromatic carbocycles. The highest BCUT2D eigenvalue weighted by atomic mass is 32.2. The number of benzene rings is 2. The predicted molar refractivity (Wildman–Crippen MR) is 139 cm³/mol. The van der Waals surface area contributed by atoms with Gasteiger partial charge in [-0.3, -0.25) is 4.79 Å². The number of anilines is 2. The minimum absolute atomic E-state index is 0.178. The Bertz CT molecular complexity index is 1200. The van der Waals surface area contributed by atoms with Crippen LogP contribution >= 0.6 is 0 Å². The third-order valence-corrected chi connectivity index (χ3v) is 7.99. The van der Waals surface area contributed by atoms with Gasteiger partial charge in [0.1, 0.15) is 0 Å². The number of ether oxygens (including phenoxy) is 3. The summed E-state index contributed by atoms with van der Waals surface area (Å²) in [6, 6.07) is 13.7. The van der Waals surface area contributed by atoms with Crippen LogP contribution in [0, 0.1) is 0 Å². The molecule has 2 heterocycles. The van der Waals surface area contributed by atoms with Crippen molar-refractivity contribution in [1.82, 2.24) is 4.31 Å². The molecule has 0 unspecified atom stereocenters. The Morgan fingerprint density at radius 3 is 2.14 bits per heavy atom. The molecule has 10 nitrogen and oxygen atoms in total. The molecule has 0 aliphatic carbocycles. The third-order valence-electron chi connectivity index (χ3n) is 6.07. The zero-order valence-electron chi connectivity index (χ0n) is 20.7. The first-order chi connectivity index (χ1) is 17.8.